The highest BCUT2D eigenvalue weighted by atomic mass is 16.5. The molecular weight excluding hydrogens is 208 g/mol. The van der Waals surface area contributed by atoms with E-state index in [1.54, 1.807) is 17.9 Å². The van der Waals surface area contributed by atoms with Gasteiger partial charge in [-0.3, -0.25) is 14.3 Å². The highest BCUT2D eigenvalue weighted by molar-refractivity contribution is 5.98. The van der Waals surface area contributed by atoms with Crippen molar-refractivity contribution in [1.82, 2.24) is 9.78 Å². The van der Waals surface area contributed by atoms with Gasteiger partial charge in [-0.2, -0.15) is 5.10 Å². The Morgan fingerprint density at radius 3 is 2.69 bits per heavy atom. The quantitative estimate of drug-likeness (QED) is 0.555. The molecule has 0 fully saturated rings. The standard InChI is InChI=1S/C11H16N2O3/c1-4-9-8(7-13(2)12-9)10(14)5-6-11(15)16-3/h7H,4-6H2,1-3H3. The third-order valence-corrected chi connectivity index (χ3v) is 2.32. The molecule has 0 aliphatic heterocycles. The second-order valence-corrected chi connectivity index (χ2v) is 3.52. The van der Waals surface area contributed by atoms with Crippen LogP contribution in [0.5, 0.6) is 0 Å². The highest BCUT2D eigenvalue weighted by Crippen LogP contribution is 2.11. The van der Waals surface area contributed by atoms with Gasteiger partial charge in [-0.25, -0.2) is 0 Å². The fourth-order valence-corrected chi connectivity index (χ4v) is 1.48. The third kappa shape index (κ3) is 2.92. The fraction of sp³-hybridized carbons (Fsp3) is 0.545. The van der Waals surface area contributed by atoms with Crippen molar-refractivity contribution in [3.05, 3.63) is 17.5 Å². The minimum Gasteiger partial charge on any atom is -0.469 e. The average molecular weight is 224 g/mol. The molecule has 0 amide bonds. The number of hydrogen-bond donors (Lipinski definition) is 0. The van der Waals surface area contributed by atoms with Gasteiger partial charge in [0.25, 0.3) is 0 Å². The van der Waals surface area contributed by atoms with Crippen LogP contribution >= 0.6 is 0 Å². The number of methoxy groups -OCH3 is 1. The first kappa shape index (κ1) is 12.4. The van der Waals surface area contributed by atoms with Gasteiger partial charge < -0.3 is 4.74 Å². The molecular formula is C11H16N2O3. The summed E-state index contributed by atoms with van der Waals surface area (Å²) in [5.74, 6) is -0.425. The SMILES string of the molecule is CCc1nn(C)cc1C(=O)CCC(=O)OC. The smallest absolute Gasteiger partial charge is 0.305 e. The van der Waals surface area contributed by atoms with Gasteiger partial charge in [0.15, 0.2) is 5.78 Å². The largest absolute Gasteiger partial charge is 0.469 e. The first-order chi connectivity index (χ1) is 7.58. The number of nitrogens with zero attached hydrogens (tertiary/aromatic N) is 2. The molecule has 1 aromatic rings. The van der Waals surface area contributed by atoms with E-state index in [1.165, 1.54) is 7.11 Å². The average Bonchev–Trinajstić information content (AvgIpc) is 2.66. The Kier molecular flexibility index (Phi) is 4.22. The zero-order valence-corrected chi connectivity index (χ0v) is 9.82. The molecule has 0 bridgehead atoms. The van der Waals surface area contributed by atoms with E-state index in [2.05, 4.69) is 9.84 Å². The summed E-state index contributed by atoms with van der Waals surface area (Å²) in [6, 6.07) is 0. The predicted octanol–water partition coefficient (Wildman–Crippen LogP) is 1.12. The van der Waals surface area contributed by atoms with Gasteiger partial charge in [0.2, 0.25) is 0 Å². The summed E-state index contributed by atoms with van der Waals surface area (Å²) in [4.78, 5) is 22.7. The molecule has 88 valence electrons. The molecule has 1 heterocycles. The lowest BCUT2D eigenvalue weighted by Crippen LogP contribution is -2.07. The monoisotopic (exact) mass is 224 g/mol. The molecule has 1 aromatic heterocycles. The number of esters is 1. The van der Waals surface area contributed by atoms with Crippen LogP contribution in [-0.4, -0.2) is 28.6 Å². The molecule has 5 nitrogen and oxygen atoms in total. The number of ether oxygens (including phenoxy) is 1. The molecule has 0 N–H and O–H groups in total. The van der Waals surface area contributed by atoms with Crippen LogP contribution in [0.2, 0.25) is 0 Å². The van der Waals surface area contributed by atoms with E-state index in [4.69, 9.17) is 0 Å². The van der Waals surface area contributed by atoms with Crippen LogP contribution in [0, 0.1) is 0 Å². The third-order valence-electron chi connectivity index (χ3n) is 2.32. The molecule has 5 heteroatoms. The Morgan fingerprint density at radius 2 is 2.12 bits per heavy atom. The number of carbonyl (C=O) groups excluding carboxylic acids is 2. The molecule has 0 spiro atoms. The summed E-state index contributed by atoms with van der Waals surface area (Å²) >= 11 is 0. The molecule has 1 rings (SSSR count). The lowest BCUT2D eigenvalue weighted by molar-refractivity contribution is -0.140. The Morgan fingerprint density at radius 1 is 1.44 bits per heavy atom. The van der Waals surface area contributed by atoms with E-state index < -0.39 is 0 Å². The number of aryl methyl sites for hydroxylation is 2. The van der Waals surface area contributed by atoms with Crippen molar-refractivity contribution in [3.63, 3.8) is 0 Å². The molecule has 0 saturated carbocycles. The van der Waals surface area contributed by atoms with Gasteiger partial charge >= 0.3 is 5.97 Å². The lowest BCUT2D eigenvalue weighted by atomic mass is 10.1. The molecule has 0 atom stereocenters. The predicted molar refractivity (Wildman–Crippen MR) is 58.2 cm³/mol. The number of aromatic nitrogens is 2. The Balaban J connectivity index is 2.68. The van der Waals surface area contributed by atoms with Crippen LogP contribution in [0.4, 0.5) is 0 Å². The molecule has 0 radical (unpaired) electrons. The van der Waals surface area contributed by atoms with Crippen molar-refractivity contribution in [2.75, 3.05) is 7.11 Å². The summed E-state index contributed by atoms with van der Waals surface area (Å²) in [7, 11) is 3.09. The second-order valence-electron chi connectivity index (χ2n) is 3.52. The summed E-state index contributed by atoms with van der Waals surface area (Å²) in [5, 5.41) is 4.18. The summed E-state index contributed by atoms with van der Waals surface area (Å²) < 4.78 is 6.10. The first-order valence-electron chi connectivity index (χ1n) is 5.21. The molecule has 0 saturated heterocycles. The maximum Gasteiger partial charge on any atom is 0.305 e. The number of Topliss-reactive ketones (excluding diaryl/α,β-unsaturated/α-hetero) is 1. The molecule has 0 aromatic carbocycles. The van der Waals surface area contributed by atoms with Crippen molar-refractivity contribution < 1.29 is 14.3 Å². The van der Waals surface area contributed by atoms with Crippen molar-refractivity contribution in [2.45, 2.75) is 26.2 Å². The van der Waals surface area contributed by atoms with Gasteiger partial charge in [-0.1, -0.05) is 6.92 Å². The van der Waals surface area contributed by atoms with Crippen LogP contribution in [0.3, 0.4) is 0 Å². The molecule has 0 aliphatic carbocycles. The molecule has 16 heavy (non-hydrogen) atoms. The van der Waals surface area contributed by atoms with E-state index in [0.717, 1.165) is 5.69 Å². The number of rotatable bonds is 5. The Labute approximate surface area is 94.4 Å². The van der Waals surface area contributed by atoms with Gasteiger partial charge in [-0.05, 0) is 6.42 Å². The van der Waals surface area contributed by atoms with E-state index in [0.29, 0.717) is 12.0 Å². The maximum atomic E-state index is 11.8. The van der Waals surface area contributed by atoms with E-state index in [-0.39, 0.29) is 24.6 Å². The van der Waals surface area contributed by atoms with Crippen LogP contribution < -0.4 is 0 Å². The topological polar surface area (TPSA) is 61.2 Å². The summed E-state index contributed by atoms with van der Waals surface area (Å²) in [6.45, 7) is 1.94. The number of ketones is 1. The van der Waals surface area contributed by atoms with E-state index in [9.17, 15) is 9.59 Å². The van der Waals surface area contributed by atoms with Crippen LogP contribution in [0.15, 0.2) is 6.20 Å². The van der Waals surface area contributed by atoms with Crippen LogP contribution in [0.1, 0.15) is 35.8 Å². The zero-order valence-electron chi connectivity index (χ0n) is 9.82. The van der Waals surface area contributed by atoms with E-state index >= 15 is 0 Å². The van der Waals surface area contributed by atoms with Gasteiger partial charge in [0.1, 0.15) is 0 Å². The normalized spacial score (nSPS) is 10.2. The van der Waals surface area contributed by atoms with Gasteiger partial charge in [-0.15, -0.1) is 0 Å². The van der Waals surface area contributed by atoms with Crippen LogP contribution in [0.25, 0.3) is 0 Å². The highest BCUT2D eigenvalue weighted by Gasteiger charge is 2.15. The van der Waals surface area contributed by atoms with Crippen molar-refractivity contribution in [3.8, 4) is 0 Å². The zero-order chi connectivity index (χ0) is 12.1. The Bertz CT molecular complexity index is 396. The second kappa shape index (κ2) is 5.44. The van der Waals surface area contributed by atoms with Gasteiger partial charge in [0.05, 0.1) is 24.8 Å². The first-order valence-corrected chi connectivity index (χ1v) is 5.21. The van der Waals surface area contributed by atoms with Crippen molar-refractivity contribution >= 4 is 11.8 Å². The lowest BCUT2D eigenvalue weighted by Gasteiger charge is -1.99. The number of hydrogen-bond acceptors (Lipinski definition) is 4. The maximum absolute atomic E-state index is 11.8. The minimum atomic E-state index is -0.365. The van der Waals surface area contributed by atoms with Crippen molar-refractivity contribution in [2.24, 2.45) is 7.05 Å². The fourth-order valence-electron chi connectivity index (χ4n) is 1.48. The van der Waals surface area contributed by atoms with Crippen molar-refractivity contribution in [1.29, 1.82) is 0 Å². The van der Waals surface area contributed by atoms with E-state index in [1.807, 2.05) is 6.92 Å². The Hall–Kier alpha value is -1.65. The molecule has 0 unspecified atom stereocenters. The summed E-state index contributed by atoms with van der Waals surface area (Å²) in [5.41, 5.74) is 1.38. The van der Waals surface area contributed by atoms with Crippen LogP contribution in [-0.2, 0) is 23.0 Å². The number of carbonyl (C=O) groups is 2. The summed E-state index contributed by atoms with van der Waals surface area (Å²) in [6.07, 6.45) is 2.69. The molecule has 0 aliphatic rings. The van der Waals surface area contributed by atoms with Gasteiger partial charge in [0, 0.05) is 19.7 Å². The minimum absolute atomic E-state index is 0.0599.